The molecule has 0 unspecified atom stereocenters. The van der Waals surface area contributed by atoms with Crippen molar-refractivity contribution in [2.45, 2.75) is 45.3 Å². The van der Waals surface area contributed by atoms with Crippen LogP contribution in [0.1, 0.15) is 32.3 Å². The number of hydrogen-bond donors (Lipinski definition) is 1. The van der Waals surface area contributed by atoms with Crippen LogP contribution in [0.4, 0.5) is 0 Å². The molecule has 0 saturated heterocycles. The van der Waals surface area contributed by atoms with Crippen LogP contribution < -0.4 is 0 Å². The van der Waals surface area contributed by atoms with Gasteiger partial charge in [-0.15, -0.1) is 0 Å². The highest BCUT2D eigenvalue weighted by Crippen LogP contribution is 2.28. The quantitative estimate of drug-likeness (QED) is 0.797. The number of carboxylic acid groups (broad SMARTS) is 1. The van der Waals surface area contributed by atoms with Gasteiger partial charge in [-0.05, 0) is 32.3 Å². The van der Waals surface area contributed by atoms with E-state index in [4.69, 9.17) is 5.11 Å². The summed E-state index contributed by atoms with van der Waals surface area (Å²) in [6.45, 7) is 4.48. The molecular weight excluding hydrogens is 280 g/mol. The highest BCUT2D eigenvalue weighted by Gasteiger charge is 2.33. The second-order valence-electron chi connectivity index (χ2n) is 6.13. The lowest BCUT2D eigenvalue weighted by molar-refractivity contribution is -0.140. The number of benzene rings is 1. The summed E-state index contributed by atoms with van der Waals surface area (Å²) in [6.07, 6.45) is 2.08. The average Bonchev–Trinajstić information content (AvgIpc) is 3.29. The van der Waals surface area contributed by atoms with Crippen molar-refractivity contribution in [2.75, 3.05) is 13.1 Å². The Balaban J connectivity index is 2.01. The number of nitrogens with zero attached hydrogens (tertiary/aromatic N) is 2. The second kappa shape index (κ2) is 7.40. The van der Waals surface area contributed by atoms with E-state index in [9.17, 15) is 9.59 Å². The summed E-state index contributed by atoms with van der Waals surface area (Å²) in [5, 5.41) is 8.97. The summed E-state index contributed by atoms with van der Waals surface area (Å²) >= 11 is 0. The summed E-state index contributed by atoms with van der Waals surface area (Å²) in [4.78, 5) is 27.1. The minimum atomic E-state index is -0.900. The highest BCUT2D eigenvalue weighted by atomic mass is 16.4. The zero-order valence-corrected chi connectivity index (χ0v) is 13.2. The minimum Gasteiger partial charge on any atom is -0.480 e. The number of carboxylic acids is 1. The van der Waals surface area contributed by atoms with Gasteiger partial charge < -0.3 is 10.0 Å². The first kappa shape index (κ1) is 16.5. The Bertz CT molecular complexity index is 512. The van der Waals surface area contributed by atoms with E-state index < -0.39 is 5.97 Å². The molecule has 0 heterocycles. The molecule has 2 rings (SSSR count). The third-order valence-corrected chi connectivity index (χ3v) is 3.91. The first-order chi connectivity index (χ1) is 10.5. The van der Waals surface area contributed by atoms with Crippen molar-refractivity contribution in [1.29, 1.82) is 0 Å². The molecule has 5 nitrogen and oxygen atoms in total. The maximum absolute atomic E-state index is 12.6. The first-order valence-corrected chi connectivity index (χ1v) is 7.76. The SMILES string of the molecule is CC(C)N(CC(=O)O)CC(=O)N(Cc1ccccc1)C1CC1. The van der Waals surface area contributed by atoms with Crippen molar-refractivity contribution in [1.82, 2.24) is 9.80 Å². The molecule has 0 radical (unpaired) electrons. The van der Waals surface area contributed by atoms with Crippen LogP contribution in [0.2, 0.25) is 0 Å². The normalized spacial score (nSPS) is 14.4. The van der Waals surface area contributed by atoms with Crippen molar-refractivity contribution in [2.24, 2.45) is 0 Å². The second-order valence-corrected chi connectivity index (χ2v) is 6.13. The van der Waals surface area contributed by atoms with Crippen molar-refractivity contribution in [3.05, 3.63) is 35.9 Å². The van der Waals surface area contributed by atoms with Gasteiger partial charge in [0, 0.05) is 18.6 Å². The molecule has 0 bridgehead atoms. The number of amides is 1. The molecule has 0 aliphatic heterocycles. The molecule has 1 aliphatic carbocycles. The molecule has 0 spiro atoms. The number of aliphatic carboxylic acids is 1. The number of rotatable bonds is 8. The predicted molar refractivity (Wildman–Crippen MR) is 84.4 cm³/mol. The van der Waals surface area contributed by atoms with Crippen molar-refractivity contribution in [3.8, 4) is 0 Å². The molecule has 22 heavy (non-hydrogen) atoms. The minimum absolute atomic E-state index is 0.0151. The van der Waals surface area contributed by atoms with Crippen LogP contribution >= 0.6 is 0 Å². The number of carbonyl (C=O) groups is 2. The van der Waals surface area contributed by atoms with Crippen molar-refractivity contribution >= 4 is 11.9 Å². The van der Waals surface area contributed by atoms with Crippen LogP contribution in [0.3, 0.4) is 0 Å². The molecule has 5 heteroatoms. The molecule has 0 aromatic heterocycles. The fraction of sp³-hybridized carbons (Fsp3) is 0.529. The van der Waals surface area contributed by atoms with Crippen molar-refractivity contribution in [3.63, 3.8) is 0 Å². The molecule has 1 N–H and O–H groups in total. The lowest BCUT2D eigenvalue weighted by Gasteiger charge is -2.29. The maximum Gasteiger partial charge on any atom is 0.317 e. The Hall–Kier alpha value is -1.88. The molecule has 120 valence electrons. The fourth-order valence-corrected chi connectivity index (χ4v) is 2.45. The Morgan fingerprint density at radius 2 is 1.82 bits per heavy atom. The topological polar surface area (TPSA) is 60.9 Å². The molecular formula is C17H24N2O3. The fourth-order valence-electron chi connectivity index (χ4n) is 2.45. The van der Waals surface area contributed by atoms with Crippen LogP contribution in [0, 0.1) is 0 Å². The largest absolute Gasteiger partial charge is 0.480 e. The Morgan fingerprint density at radius 1 is 1.18 bits per heavy atom. The molecule has 1 aromatic rings. The van der Waals surface area contributed by atoms with Crippen LogP contribution in [0.5, 0.6) is 0 Å². The molecule has 1 aromatic carbocycles. The molecule has 1 aliphatic rings. The van der Waals surface area contributed by atoms with Gasteiger partial charge in [0.25, 0.3) is 0 Å². The van der Waals surface area contributed by atoms with E-state index in [0.717, 1.165) is 18.4 Å². The zero-order chi connectivity index (χ0) is 16.1. The summed E-state index contributed by atoms with van der Waals surface area (Å²) in [6, 6.07) is 10.3. The first-order valence-electron chi connectivity index (χ1n) is 7.76. The maximum atomic E-state index is 12.6. The van der Waals surface area contributed by atoms with E-state index in [-0.39, 0.29) is 25.0 Å². The molecule has 1 fully saturated rings. The summed E-state index contributed by atoms with van der Waals surface area (Å²) < 4.78 is 0. The zero-order valence-electron chi connectivity index (χ0n) is 13.2. The van der Waals surface area contributed by atoms with E-state index in [1.165, 1.54) is 0 Å². The monoisotopic (exact) mass is 304 g/mol. The van der Waals surface area contributed by atoms with E-state index in [1.54, 1.807) is 4.90 Å². The van der Waals surface area contributed by atoms with E-state index >= 15 is 0 Å². The van der Waals surface area contributed by atoms with Gasteiger partial charge in [0.1, 0.15) is 0 Å². The number of hydrogen-bond acceptors (Lipinski definition) is 3. The summed E-state index contributed by atoms with van der Waals surface area (Å²) in [7, 11) is 0. The van der Waals surface area contributed by atoms with Gasteiger partial charge >= 0.3 is 5.97 Å². The third kappa shape index (κ3) is 4.84. The average molecular weight is 304 g/mol. The van der Waals surface area contributed by atoms with Gasteiger partial charge in [-0.25, -0.2) is 0 Å². The van der Waals surface area contributed by atoms with E-state index in [0.29, 0.717) is 12.6 Å². The van der Waals surface area contributed by atoms with E-state index in [1.807, 2.05) is 49.1 Å². The Kier molecular flexibility index (Phi) is 5.55. The van der Waals surface area contributed by atoms with Crippen LogP contribution in [0.15, 0.2) is 30.3 Å². The van der Waals surface area contributed by atoms with Gasteiger partial charge in [-0.3, -0.25) is 14.5 Å². The predicted octanol–water partition coefficient (Wildman–Crippen LogP) is 1.97. The summed E-state index contributed by atoms with van der Waals surface area (Å²) in [5.41, 5.74) is 1.11. The highest BCUT2D eigenvalue weighted by molar-refractivity contribution is 5.80. The Labute approximate surface area is 131 Å². The lowest BCUT2D eigenvalue weighted by atomic mass is 10.2. The summed E-state index contributed by atoms with van der Waals surface area (Å²) in [5.74, 6) is -0.885. The van der Waals surface area contributed by atoms with Gasteiger partial charge in [0.05, 0.1) is 13.1 Å². The van der Waals surface area contributed by atoms with Crippen LogP contribution in [0.25, 0.3) is 0 Å². The molecule has 0 atom stereocenters. The van der Waals surface area contributed by atoms with Gasteiger partial charge in [-0.2, -0.15) is 0 Å². The van der Waals surface area contributed by atoms with Crippen LogP contribution in [-0.4, -0.2) is 52.0 Å². The van der Waals surface area contributed by atoms with Gasteiger partial charge in [0.2, 0.25) is 5.91 Å². The lowest BCUT2D eigenvalue weighted by Crippen LogP contribution is -2.45. The van der Waals surface area contributed by atoms with Gasteiger partial charge in [0.15, 0.2) is 0 Å². The Morgan fingerprint density at radius 3 is 2.32 bits per heavy atom. The molecule has 1 saturated carbocycles. The van der Waals surface area contributed by atoms with Crippen LogP contribution in [-0.2, 0) is 16.1 Å². The molecule has 1 amide bonds. The van der Waals surface area contributed by atoms with Gasteiger partial charge in [-0.1, -0.05) is 30.3 Å². The van der Waals surface area contributed by atoms with Crippen molar-refractivity contribution < 1.29 is 14.7 Å². The number of carbonyl (C=O) groups excluding carboxylic acids is 1. The third-order valence-electron chi connectivity index (χ3n) is 3.91. The van der Waals surface area contributed by atoms with E-state index in [2.05, 4.69) is 0 Å². The smallest absolute Gasteiger partial charge is 0.317 e. The standard InChI is InChI=1S/C17H24N2O3/c1-13(2)18(12-17(21)22)11-16(20)19(15-8-9-15)10-14-6-4-3-5-7-14/h3-7,13,15H,8-12H2,1-2H3,(H,21,22).